The average molecular weight is 434 g/mol. The molecule has 154 valence electrons. The minimum atomic E-state index is 0.637. The first kappa shape index (κ1) is 20.1. The highest BCUT2D eigenvalue weighted by atomic mass is 35.5. The molecule has 0 unspecified atom stereocenters. The van der Waals surface area contributed by atoms with Crippen LogP contribution in [0.3, 0.4) is 0 Å². The maximum Gasteiger partial charge on any atom is 0.203 e. The number of piperazine rings is 1. The molecule has 0 amide bonds. The average Bonchev–Trinajstić information content (AvgIpc) is 3.19. The Labute approximate surface area is 179 Å². The lowest BCUT2D eigenvalue weighted by Crippen LogP contribution is -2.46. The van der Waals surface area contributed by atoms with E-state index in [0.29, 0.717) is 16.5 Å². The summed E-state index contributed by atoms with van der Waals surface area (Å²) in [4.78, 5) is 9.51. The van der Waals surface area contributed by atoms with E-state index in [1.807, 2.05) is 24.3 Å². The molecule has 1 aromatic heterocycles. The maximum atomic E-state index is 6.28. The molecular formula is C21H24ClN3O3S. The lowest BCUT2D eigenvalue weighted by atomic mass is 10.1. The van der Waals surface area contributed by atoms with Crippen molar-refractivity contribution in [3.8, 4) is 17.2 Å². The van der Waals surface area contributed by atoms with Gasteiger partial charge in [0.25, 0.3) is 0 Å². The van der Waals surface area contributed by atoms with Crippen LogP contribution in [0.5, 0.6) is 17.2 Å². The van der Waals surface area contributed by atoms with Crippen LogP contribution in [0, 0.1) is 0 Å². The highest BCUT2D eigenvalue weighted by Crippen LogP contribution is 2.40. The van der Waals surface area contributed by atoms with Gasteiger partial charge >= 0.3 is 0 Å². The molecule has 1 aliphatic rings. The zero-order valence-electron chi connectivity index (χ0n) is 16.8. The van der Waals surface area contributed by atoms with E-state index in [1.54, 1.807) is 32.7 Å². The second kappa shape index (κ2) is 8.65. The lowest BCUT2D eigenvalue weighted by Gasteiger charge is -2.34. The smallest absolute Gasteiger partial charge is 0.203 e. The Morgan fingerprint density at radius 2 is 1.72 bits per heavy atom. The molecule has 3 aromatic rings. The number of hydrogen-bond donors (Lipinski definition) is 0. The number of para-hydroxylation sites is 1. The number of halogens is 1. The standard InChI is InChI=1S/C21H24ClN3O3S/c1-26-16-8-7-14(19(27-2)20(16)28-3)13-24-9-11-25(12-10-24)21-23-18-15(22)5-4-6-17(18)29-21/h4-8H,9-13H2,1-3H3. The fraction of sp³-hybridized carbons (Fsp3) is 0.381. The van der Waals surface area contributed by atoms with E-state index < -0.39 is 0 Å². The van der Waals surface area contributed by atoms with Crippen LogP contribution in [0.2, 0.25) is 5.02 Å². The number of methoxy groups -OCH3 is 3. The quantitative estimate of drug-likeness (QED) is 0.577. The highest BCUT2D eigenvalue weighted by Gasteiger charge is 2.23. The van der Waals surface area contributed by atoms with Crippen LogP contribution in [0.15, 0.2) is 30.3 Å². The number of hydrogen-bond acceptors (Lipinski definition) is 7. The summed E-state index contributed by atoms with van der Waals surface area (Å²) < 4.78 is 17.6. The summed E-state index contributed by atoms with van der Waals surface area (Å²) in [6.45, 7) is 4.53. The van der Waals surface area contributed by atoms with Crippen molar-refractivity contribution in [2.45, 2.75) is 6.54 Å². The first-order chi connectivity index (χ1) is 14.1. The zero-order chi connectivity index (χ0) is 20.4. The summed E-state index contributed by atoms with van der Waals surface area (Å²) in [7, 11) is 4.93. The van der Waals surface area contributed by atoms with Gasteiger partial charge < -0.3 is 19.1 Å². The fourth-order valence-electron chi connectivity index (χ4n) is 3.66. The summed E-state index contributed by atoms with van der Waals surface area (Å²) in [6.07, 6.45) is 0. The Kier molecular flexibility index (Phi) is 5.99. The second-order valence-electron chi connectivity index (χ2n) is 6.84. The van der Waals surface area contributed by atoms with Gasteiger partial charge in [0.1, 0.15) is 5.52 Å². The zero-order valence-corrected chi connectivity index (χ0v) is 18.3. The third kappa shape index (κ3) is 3.95. The molecule has 6 nitrogen and oxygen atoms in total. The van der Waals surface area contributed by atoms with Crippen LogP contribution < -0.4 is 19.1 Å². The van der Waals surface area contributed by atoms with Crippen LogP contribution in [-0.4, -0.2) is 57.4 Å². The SMILES string of the molecule is COc1ccc(CN2CCN(c3nc4c(Cl)cccc4s3)CC2)c(OC)c1OC. The molecule has 1 aliphatic heterocycles. The van der Waals surface area contributed by atoms with E-state index in [0.717, 1.165) is 59.4 Å². The predicted octanol–water partition coefficient (Wildman–Crippen LogP) is 4.30. The van der Waals surface area contributed by atoms with Gasteiger partial charge in [-0.15, -0.1) is 0 Å². The molecule has 0 bridgehead atoms. The topological polar surface area (TPSA) is 47.1 Å². The van der Waals surface area contributed by atoms with Crippen LogP contribution in [0.4, 0.5) is 5.13 Å². The summed E-state index contributed by atoms with van der Waals surface area (Å²) in [6, 6.07) is 9.91. The Balaban J connectivity index is 1.45. The number of fused-ring (bicyclic) bond motifs is 1. The molecule has 0 atom stereocenters. The van der Waals surface area contributed by atoms with Crippen LogP contribution in [-0.2, 0) is 6.54 Å². The molecule has 2 aromatic carbocycles. The molecule has 0 N–H and O–H groups in total. The van der Waals surface area contributed by atoms with E-state index >= 15 is 0 Å². The Morgan fingerprint density at radius 1 is 0.966 bits per heavy atom. The first-order valence-corrected chi connectivity index (χ1v) is 10.6. The van der Waals surface area contributed by atoms with Gasteiger partial charge in [-0.2, -0.15) is 0 Å². The molecule has 29 heavy (non-hydrogen) atoms. The molecular weight excluding hydrogens is 410 g/mol. The number of benzene rings is 2. The van der Waals surface area contributed by atoms with E-state index in [1.165, 1.54) is 0 Å². The van der Waals surface area contributed by atoms with Gasteiger partial charge in [0.2, 0.25) is 5.75 Å². The molecule has 2 heterocycles. The van der Waals surface area contributed by atoms with Crippen LogP contribution in [0.1, 0.15) is 5.56 Å². The van der Waals surface area contributed by atoms with E-state index in [4.69, 9.17) is 30.8 Å². The van der Waals surface area contributed by atoms with Crippen molar-refractivity contribution in [1.29, 1.82) is 0 Å². The summed E-state index contributed by atoms with van der Waals surface area (Å²) >= 11 is 7.98. The van der Waals surface area contributed by atoms with Crippen molar-refractivity contribution >= 4 is 38.3 Å². The van der Waals surface area contributed by atoms with E-state index in [9.17, 15) is 0 Å². The van der Waals surface area contributed by atoms with Crippen molar-refractivity contribution in [3.05, 3.63) is 40.9 Å². The third-order valence-corrected chi connectivity index (χ3v) is 6.57. The van der Waals surface area contributed by atoms with Crippen molar-refractivity contribution in [1.82, 2.24) is 9.88 Å². The summed E-state index contributed by atoms with van der Waals surface area (Å²) in [5.41, 5.74) is 1.98. The van der Waals surface area contributed by atoms with Crippen molar-refractivity contribution in [2.24, 2.45) is 0 Å². The van der Waals surface area contributed by atoms with Gasteiger partial charge in [0.15, 0.2) is 16.6 Å². The Morgan fingerprint density at radius 3 is 2.38 bits per heavy atom. The number of anilines is 1. The normalized spacial score (nSPS) is 15.0. The summed E-state index contributed by atoms with van der Waals surface area (Å²) in [5.74, 6) is 2.04. The fourth-order valence-corrected chi connectivity index (χ4v) is 4.98. The largest absolute Gasteiger partial charge is 0.493 e. The van der Waals surface area contributed by atoms with Crippen LogP contribution in [0.25, 0.3) is 10.2 Å². The number of ether oxygens (including phenoxy) is 3. The van der Waals surface area contributed by atoms with Crippen LogP contribution >= 0.6 is 22.9 Å². The highest BCUT2D eigenvalue weighted by molar-refractivity contribution is 7.22. The van der Waals surface area contributed by atoms with Crippen molar-refractivity contribution in [3.63, 3.8) is 0 Å². The number of thiazole rings is 1. The third-order valence-electron chi connectivity index (χ3n) is 5.18. The molecule has 8 heteroatoms. The molecule has 0 aliphatic carbocycles. The number of aromatic nitrogens is 1. The number of rotatable bonds is 6. The van der Waals surface area contributed by atoms with Crippen molar-refractivity contribution in [2.75, 3.05) is 52.4 Å². The van der Waals surface area contributed by atoms with Gasteiger partial charge in [0.05, 0.1) is 31.1 Å². The summed E-state index contributed by atoms with van der Waals surface area (Å²) in [5, 5.41) is 1.75. The molecule has 1 saturated heterocycles. The Bertz CT molecular complexity index is 1000. The molecule has 0 spiro atoms. The van der Waals surface area contributed by atoms with Gasteiger partial charge in [0, 0.05) is 38.3 Å². The monoisotopic (exact) mass is 433 g/mol. The van der Waals surface area contributed by atoms with Gasteiger partial charge in [-0.25, -0.2) is 4.98 Å². The van der Waals surface area contributed by atoms with Gasteiger partial charge in [-0.1, -0.05) is 35.1 Å². The lowest BCUT2D eigenvalue weighted by molar-refractivity contribution is 0.243. The number of nitrogens with zero attached hydrogens (tertiary/aromatic N) is 3. The molecule has 0 radical (unpaired) electrons. The molecule has 1 fully saturated rings. The maximum absolute atomic E-state index is 6.28. The van der Waals surface area contributed by atoms with Crippen molar-refractivity contribution < 1.29 is 14.2 Å². The first-order valence-electron chi connectivity index (χ1n) is 9.44. The minimum absolute atomic E-state index is 0.637. The predicted molar refractivity (Wildman–Crippen MR) is 118 cm³/mol. The van der Waals surface area contributed by atoms with Gasteiger partial charge in [-0.3, -0.25) is 4.90 Å². The van der Waals surface area contributed by atoms with E-state index in [2.05, 4.69) is 15.9 Å². The van der Waals surface area contributed by atoms with E-state index in [-0.39, 0.29) is 0 Å². The van der Waals surface area contributed by atoms with Gasteiger partial charge in [-0.05, 0) is 18.2 Å². The Hall–Kier alpha value is -2.22. The second-order valence-corrected chi connectivity index (χ2v) is 8.26. The minimum Gasteiger partial charge on any atom is -0.493 e. The molecule has 4 rings (SSSR count). The molecule has 0 saturated carbocycles.